The van der Waals surface area contributed by atoms with Gasteiger partial charge in [-0.15, -0.1) is 20.4 Å². The van der Waals surface area contributed by atoms with Crippen LogP contribution in [0.4, 0.5) is 0 Å². The molecule has 70 heavy (non-hydrogen) atoms. The van der Waals surface area contributed by atoms with Crippen molar-refractivity contribution in [2.24, 2.45) is 28.2 Å². The van der Waals surface area contributed by atoms with Gasteiger partial charge in [0.2, 0.25) is 0 Å². The van der Waals surface area contributed by atoms with Crippen molar-refractivity contribution in [1.29, 1.82) is 0 Å². The van der Waals surface area contributed by atoms with Crippen LogP contribution in [0.15, 0.2) is 74.0 Å². The van der Waals surface area contributed by atoms with E-state index in [0.717, 1.165) is 58.1 Å². The predicted molar refractivity (Wildman–Crippen MR) is 270 cm³/mol. The number of oxazole rings is 3. The van der Waals surface area contributed by atoms with Gasteiger partial charge in [-0.3, -0.25) is 9.36 Å². The summed E-state index contributed by atoms with van der Waals surface area (Å²) in [6, 6.07) is 1.88. The molecule has 388 valence electrons. The molecule has 0 fully saturated rings. The average Bonchev–Trinajstić information content (AvgIpc) is 4.13. The van der Waals surface area contributed by atoms with Gasteiger partial charge in [0.15, 0.2) is 29.3 Å². The van der Waals surface area contributed by atoms with Crippen LogP contribution in [0.1, 0.15) is 216 Å². The highest BCUT2D eigenvalue weighted by molar-refractivity contribution is 5.00. The number of nitrogens with zero attached hydrogens (tertiary/aromatic N) is 17. The second-order valence-corrected chi connectivity index (χ2v) is 18.6. The van der Waals surface area contributed by atoms with E-state index in [-0.39, 0.29) is 0 Å². The van der Waals surface area contributed by atoms with Crippen molar-refractivity contribution >= 4 is 0 Å². The van der Waals surface area contributed by atoms with E-state index < -0.39 is 0 Å². The maximum absolute atomic E-state index is 5.23. The van der Waals surface area contributed by atoms with Crippen LogP contribution in [0.2, 0.25) is 0 Å². The minimum absolute atomic E-state index is 0.374. The van der Waals surface area contributed by atoms with Crippen LogP contribution in [0.5, 0.6) is 0 Å². The first-order valence-electron chi connectivity index (χ1n) is 23.7. The molecule has 8 aromatic rings. The summed E-state index contributed by atoms with van der Waals surface area (Å²) >= 11 is 0. The number of hydrogen-bond acceptors (Lipinski definition) is 17. The van der Waals surface area contributed by atoms with Crippen LogP contribution < -0.4 is 0 Å². The number of aromatic nitrogens is 17. The Balaban J connectivity index is 0.000000400. The Hall–Kier alpha value is -6.67. The normalized spacial score (nSPS) is 10.6. The van der Waals surface area contributed by atoms with Crippen molar-refractivity contribution in [3.8, 4) is 0 Å². The van der Waals surface area contributed by atoms with Crippen LogP contribution in [0, 0.1) is 13.8 Å². The Kier molecular flexibility index (Phi) is 28.2. The lowest BCUT2D eigenvalue weighted by atomic mass is 10.1. The first-order valence-corrected chi connectivity index (χ1v) is 23.7. The highest BCUT2D eigenvalue weighted by Gasteiger charge is 2.07. The van der Waals surface area contributed by atoms with E-state index in [9.17, 15) is 0 Å². The Morgan fingerprint density at radius 3 is 1.41 bits per heavy atom. The summed E-state index contributed by atoms with van der Waals surface area (Å²) < 4.78 is 25.4. The molecular formula is C49H83N17O4. The molecular weight excluding hydrogens is 891 g/mol. The first-order chi connectivity index (χ1) is 32.8. The smallest absolute Gasteiger partial charge is 0.196 e. The zero-order chi connectivity index (χ0) is 53.1. The molecule has 0 N–H and O–H groups in total. The van der Waals surface area contributed by atoms with Crippen molar-refractivity contribution in [2.45, 2.75) is 172 Å². The number of aryl methyl sites for hydroxylation is 6. The summed E-state index contributed by atoms with van der Waals surface area (Å²) in [6.45, 7) is 37.0. The summed E-state index contributed by atoms with van der Waals surface area (Å²) in [7, 11) is 7.50. The predicted octanol–water partition coefficient (Wildman–Crippen LogP) is 11.0. The fraction of sp³-hybridized carbons (Fsp3) is 0.612. The van der Waals surface area contributed by atoms with Gasteiger partial charge >= 0.3 is 0 Å². The maximum Gasteiger partial charge on any atom is 0.196 e. The summed E-state index contributed by atoms with van der Waals surface area (Å²) in [6.07, 6.45) is 13.3. The monoisotopic (exact) mass is 974 g/mol. The summed E-state index contributed by atoms with van der Waals surface area (Å²) in [5.41, 5.74) is 1.98. The molecule has 0 saturated carbocycles. The molecule has 0 bridgehead atoms. The van der Waals surface area contributed by atoms with Crippen LogP contribution in [0.3, 0.4) is 0 Å². The highest BCUT2D eigenvalue weighted by Crippen LogP contribution is 2.14. The van der Waals surface area contributed by atoms with Gasteiger partial charge in [0, 0.05) is 68.6 Å². The zero-order valence-electron chi connectivity index (χ0n) is 46.1. The maximum atomic E-state index is 5.23. The van der Waals surface area contributed by atoms with Gasteiger partial charge in [0.1, 0.15) is 55.2 Å². The standard InChI is InChI=1S/2C7H11NO.3C6H11N3.2C6H9NO.C5H10N4/c1-5(2)7-8-6(3)4-9-7;1-5(2)7-8-4-6(3)9-7;1-5(2)6-8-7-4-9(6)3;1-5(2)6-7-4-9(3)8-6;1-5(2)6-7-4-8-9(6)3;1-5(2)6-7-3-4-8-6;1-5(2)6-3-4-8-7-6;1-4(2)5-6-8-9(3)7-5/h5*4-5H,1-3H3;2*3-5H,1-2H3;4H,1-3H3. The number of tetrazole rings is 1. The molecule has 0 atom stereocenters. The fourth-order valence-electron chi connectivity index (χ4n) is 5.11. The summed E-state index contributed by atoms with van der Waals surface area (Å²) in [5, 5.41) is 31.0. The molecule has 8 heterocycles. The molecule has 0 saturated heterocycles. The van der Waals surface area contributed by atoms with E-state index in [1.165, 1.54) is 4.80 Å². The van der Waals surface area contributed by atoms with E-state index in [2.05, 4.69) is 153 Å². The van der Waals surface area contributed by atoms with E-state index >= 15 is 0 Å². The first kappa shape index (κ1) is 61.3. The lowest BCUT2D eigenvalue weighted by molar-refractivity contribution is 0.408. The lowest BCUT2D eigenvalue weighted by Crippen LogP contribution is -2.00. The van der Waals surface area contributed by atoms with Gasteiger partial charge in [-0.2, -0.15) is 15.0 Å². The van der Waals surface area contributed by atoms with Crippen molar-refractivity contribution < 1.29 is 17.8 Å². The molecule has 0 aliphatic carbocycles. The van der Waals surface area contributed by atoms with Crippen molar-refractivity contribution in [2.75, 3.05) is 0 Å². The SMILES string of the molecule is CC(C)c1ccon1.CC(C)c1ncco1.CC(C)c1ncn(C)n1.CC(C)c1ncnn1C.CC(C)c1nncn1C.CC(C)c1nnn(C)n1.Cc1cnc(C(C)C)o1.Cc1coc(C(C)C)n1. The van der Waals surface area contributed by atoms with Crippen molar-refractivity contribution in [1.82, 2.24) is 84.6 Å². The third-order valence-electron chi connectivity index (χ3n) is 8.96. The Labute approximate surface area is 415 Å². The van der Waals surface area contributed by atoms with Crippen LogP contribution in [0.25, 0.3) is 0 Å². The van der Waals surface area contributed by atoms with Gasteiger partial charge in [0.05, 0.1) is 30.8 Å². The van der Waals surface area contributed by atoms with Crippen molar-refractivity contribution in [3.63, 3.8) is 0 Å². The average molecular weight is 974 g/mol. The van der Waals surface area contributed by atoms with E-state index in [4.69, 9.17) is 13.3 Å². The molecule has 0 amide bonds. The van der Waals surface area contributed by atoms with Gasteiger partial charge < -0.3 is 22.3 Å². The number of rotatable bonds is 8. The minimum atomic E-state index is 0.374. The third-order valence-corrected chi connectivity index (χ3v) is 8.96. The van der Waals surface area contributed by atoms with Gasteiger partial charge in [-0.25, -0.2) is 24.9 Å². The molecule has 0 unspecified atom stereocenters. The topological polar surface area (TPSA) is 240 Å². The van der Waals surface area contributed by atoms with E-state index in [0.29, 0.717) is 47.3 Å². The molecule has 8 aromatic heterocycles. The molecule has 0 radical (unpaired) electrons. The van der Waals surface area contributed by atoms with Crippen LogP contribution >= 0.6 is 0 Å². The van der Waals surface area contributed by atoms with Crippen molar-refractivity contribution in [3.05, 3.63) is 114 Å². The second kappa shape index (κ2) is 32.2. The molecule has 0 aliphatic heterocycles. The van der Waals surface area contributed by atoms with E-state index in [1.54, 1.807) is 66.6 Å². The van der Waals surface area contributed by atoms with Gasteiger partial charge in [-0.05, 0) is 25.0 Å². The molecule has 21 heteroatoms. The van der Waals surface area contributed by atoms with Crippen LogP contribution in [-0.4, -0.2) is 84.6 Å². The second-order valence-electron chi connectivity index (χ2n) is 18.6. The molecule has 0 aromatic carbocycles. The summed E-state index contributed by atoms with van der Waals surface area (Å²) in [5.74, 6) is 10.6. The molecule has 0 spiro atoms. The Morgan fingerprint density at radius 2 is 1.19 bits per heavy atom. The molecule has 0 aliphatic rings. The fourth-order valence-corrected chi connectivity index (χ4v) is 5.11. The summed E-state index contributed by atoms with van der Waals surface area (Å²) in [4.78, 5) is 21.7. The Bertz CT molecular complexity index is 2200. The quantitative estimate of drug-likeness (QED) is 0.137. The minimum Gasteiger partial charge on any atom is -0.449 e. The third kappa shape index (κ3) is 24.6. The lowest BCUT2D eigenvalue weighted by Gasteiger charge is -2.00. The van der Waals surface area contributed by atoms with Crippen LogP contribution in [-0.2, 0) is 28.2 Å². The zero-order valence-corrected chi connectivity index (χ0v) is 46.1. The molecule has 21 nitrogen and oxygen atoms in total. The van der Waals surface area contributed by atoms with Gasteiger partial charge in [0.25, 0.3) is 0 Å². The number of hydrogen-bond donors (Lipinski definition) is 0. The van der Waals surface area contributed by atoms with Gasteiger partial charge in [-0.1, -0.05) is 116 Å². The van der Waals surface area contributed by atoms with E-state index in [1.807, 2.05) is 73.3 Å². The Morgan fingerprint density at radius 1 is 0.557 bits per heavy atom. The molecule has 8 rings (SSSR count). The highest BCUT2D eigenvalue weighted by atomic mass is 16.5. The largest absolute Gasteiger partial charge is 0.449 e.